The van der Waals surface area contributed by atoms with Gasteiger partial charge in [-0.1, -0.05) is 25.4 Å². The third kappa shape index (κ3) is 4.61. The van der Waals surface area contributed by atoms with Crippen molar-refractivity contribution in [1.29, 1.82) is 0 Å². The predicted octanol–water partition coefficient (Wildman–Crippen LogP) is 1.85. The Bertz CT molecular complexity index is 497. The topological polar surface area (TPSA) is 42.8 Å². The number of anilines is 1. The van der Waals surface area contributed by atoms with Crippen molar-refractivity contribution in [2.45, 2.75) is 20.3 Å². The highest BCUT2D eigenvalue weighted by Crippen LogP contribution is 2.27. The Balaban J connectivity index is 1.91. The van der Waals surface area contributed by atoms with E-state index >= 15 is 0 Å². The fourth-order valence-electron chi connectivity index (χ4n) is 3.24. The second-order valence-electron chi connectivity index (χ2n) is 6.18. The van der Waals surface area contributed by atoms with E-state index in [-0.39, 0.29) is 5.91 Å². The van der Waals surface area contributed by atoms with E-state index in [2.05, 4.69) is 19.2 Å². The Morgan fingerprint density at radius 3 is 2.62 bits per heavy atom. The van der Waals surface area contributed by atoms with E-state index in [4.69, 9.17) is 16.3 Å². The zero-order chi connectivity index (χ0) is 15.4. The number of carbonyl (C=O) groups excluding carboxylic acids is 1. The van der Waals surface area contributed by atoms with Crippen LogP contribution in [0.5, 0.6) is 5.75 Å². The molecule has 1 aromatic rings. The molecule has 116 valence electrons. The first-order valence-electron chi connectivity index (χ1n) is 7.45. The van der Waals surface area contributed by atoms with Crippen LogP contribution in [0.2, 0.25) is 5.02 Å². The van der Waals surface area contributed by atoms with Gasteiger partial charge in [0.1, 0.15) is 5.75 Å². The van der Waals surface area contributed by atoms with Gasteiger partial charge in [-0.25, -0.2) is 0 Å². The maximum Gasteiger partial charge on any atom is 0.279 e. The first-order chi connectivity index (χ1) is 9.97. The van der Waals surface area contributed by atoms with Gasteiger partial charge >= 0.3 is 0 Å². The molecule has 1 saturated heterocycles. The van der Waals surface area contributed by atoms with Crippen molar-refractivity contribution in [1.82, 2.24) is 0 Å². The number of halogens is 1. The van der Waals surface area contributed by atoms with Crippen LogP contribution in [0.4, 0.5) is 5.69 Å². The smallest absolute Gasteiger partial charge is 0.279 e. The predicted molar refractivity (Wildman–Crippen MR) is 85.1 cm³/mol. The summed E-state index contributed by atoms with van der Waals surface area (Å²) in [6, 6.07) is 5.28. The average molecular weight is 312 g/mol. The molecule has 1 aromatic carbocycles. The van der Waals surface area contributed by atoms with Crippen LogP contribution in [-0.4, -0.2) is 32.7 Å². The average Bonchev–Trinajstić information content (AvgIpc) is 2.37. The summed E-state index contributed by atoms with van der Waals surface area (Å²) >= 11 is 6.06. The van der Waals surface area contributed by atoms with E-state index in [1.165, 1.54) is 11.3 Å². The Morgan fingerprint density at radius 1 is 1.38 bits per heavy atom. The van der Waals surface area contributed by atoms with Crippen LogP contribution in [0.15, 0.2) is 18.2 Å². The molecule has 5 heteroatoms. The van der Waals surface area contributed by atoms with Gasteiger partial charge in [0.15, 0.2) is 6.54 Å². The lowest BCUT2D eigenvalue weighted by molar-refractivity contribution is -0.904. The van der Waals surface area contributed by atoms with Crippen LogP contribution in [0.3, 0.4) is 0 Å². The van der Waals surface area contributed by atoms with E-state index in [9.17, 15) is 4.79 Å². The molecular weight excluding hydrogens is 288 g/mol. The lowest BCUT2D eigenvalue weighted by Crippen LogP contribution is -3.15. The van der Waals surface area contributed by atoms with E-state index in [1.807, 2.05) is 0 Å². The second-order valence-corrected chi connectivity index (χ2v) is 6.59. The van der Waals surface area contributed by atoms with Crippen molar-refractivity contribution in [2.24, 2.45) is 11.8 Å². The number of rotatable bonds is 4. The normalized spacial score (nSPS) is 25.4. The molecule has 0 bridgehead atoms. The highest BCUT2D eigenvalue weighted by atomic mass is 35.5. The molecule has 3 atom stereocenters. The Kier molecular flexibility index (Phi) is 5.48. The number of likely N-dealkylation sites (tertiary alicyclic amines) is 1. The number of piperidine rings is 1. The minimum Gasteiger partial charge on any atom is -0.495 e. The molecule has 2 rings (SSSR count). The van der Waals surface area contributed by atoms with Crippen molar-refractivity contribution >= 4 is 23.2 Å². The van der Waals surface area contributed by atoms with Crippen molar-refractivity contribution in [3.05, 3.63) is 23.2 Å². The van der Waals surface area contributed by atoms with E-state index in [0.717, 1.165) is 13.1 Å². The molecular formula is C16H24ClN2O2+. The zero-order valence-electron chi connectivity index (χ0n) is 12.9. The summed E-state index contributed by atoms with van der Waals surface area (Å²) in [6.07, 6.45) is 1.26. The van der Waals surface area contributed by atoms with Crippen molar-refractivity contribution in [3.8, 4) is 5.75 Å². The Labute approximate surface area is 131 Å². The summed E-state index contributed by atoms with van der Waals surface area (Å²) in [5.41, 5.74) is 0.711. The monoisotopic (exact) mass is 311 g/mol. The highest BCUT2D eigenvalue weighted by molar-refractivity contribution is 6.32. The molecule has 0 saturated carbocycles. The summed E-state index contributed by atoms with van der Waals surface area (Å²) in [6.45, 7) is 7.17. The van der Waals surface area contributed by atoms with Crippen LogP contribution >= 0.6 is 11.6 Å². The molecule has 0 radical (unpaired) electrons. The maximum atomic E-state index is 12.2. The van der Waals surface area contributed by atoms with E-state index in [1.54, 1.807) is 25.3 Å². The van der Waals surface area contributed by atoms with Crippen LogP contribution in [0.25, 0.3) is 0 Å². The van der Waals surface area contributed by atoms with Crippen LogP contribution < -0.4 is 15.0 Å². The first kappa shape index (κ1) is 16.1. The molecule has 4 nitrogen and oxygen atoms in total. The lowest BCUT2D eigenvalue weighted by Gasteiger charge is -2.31. The molecule has 21 heavy (non-hydrogen) atoms. The standard InChI is InChI=1S/C16H23ClN2O2/c1-11-6-12(2)9-19(8-11)10-16(20)18-13-4-5-15(21-3)14(17)7-13/h4-5,7,11-12H,6,8-10H2,1-3H3,(H,18,20)/p+1/t11-,12+. The van der Waals surface area contributed by atoms with Crippen molar-refractivity contribution in [3.63, 3.8) is 0 Å². The Hall–Kier alpha value is -1.26. The number of amides is 1. The number of benzene rings is 1. The third-order valence-corrected chi connectivity index (χ3v) is 4.22. The number of nitrogens with one attached hydrogen (secondary N) is 2. The van der Waals surface area contributed by atoms with Gasteiger partial charge in [0, 0.05) is 17.5 Å². The van der Waals surface area contributed by atoms with Gasteiger partial charge in [-0.15, -0.1) is 0 Å². The number of quaternary nitrogens is 1. The quantitative estimate of drug-likeness (QED) is 0.891. The van der Waals surface area contributed by atoms with E-state index < -0.39 is 0 Å². The molecule has 0 aromatic heterocycles. The van der Waals surface area contributed by atoms with Crippen molar-refractivity contribution < 1.29 is 14.4 Å². The third-order valence-electron chi connectivity index (χ3n) is 3.93. The minimum atomic E-state index is 0.0348. The van der Waals surface area contributed by atoms with Gasteiger partial charge in [0.25, 0.3) is 5.91 Å². The van der Waals surface area contributed by atoms with E-state index in [0.29, 0.717) is 34.8 Å². The highest BCUT2D eigenvalue weighted by Gasteiger charge is 2.26. The SMILES string of the molecule is COc1ccc(NC(=O)C[NH+]2C[C@H](C)C[C@H](C)C2)cc1Cl. The molecule has 1 unspecified atom stereocenters. The zero-order valence-corrected chi connectivity index (χ0v) is 13.7. The van der Waals surface area contributed by atoms with Gasteiger partial charge in [-0.3, -0.25) is 4.79 Å². The summed E-state index contributed by atoms with van der Waals surface area (Å²) < 4.78 is 5.10. The molecule has 1 aliphatic heterocycles. The fraction of sp³-hybridized carbons (Fsp3) is 0.562. The molecule has 1 aliphatic rings. The number of hydrogen-bond acceptors (Lipinski definition) is 2. The summed E-state index contributed by atoms with van der Waals surface area (Å²) in [5, 5.41) is 3.41. The molecule has 2 N–H and O–H groups in total. The number of methoxy groups -OCH3 is 1. The summed E-state index contributed by atoms with van der Waals surface area (Å²) in [4.78, 5) is 13.5. The molecule has 1 fully saturated rings. The molecule has 1 amide bonds. The Morgan fingerprint density at radius 2 is 2.05 bits per heavy atom. The van der Waals surface area contributed by atoms with Gasteiger partial charge in [0.05, 0.1) is 25.2 Å². The largest absolute Gasteiger partial charge is 0.495 e. The first-order valence-corrected chi connectivity index (χ1v) is 7.82. The molecule has 0 spiro atoms. The summed E-state index contributed by atoms with van der Waals surface area (Å²) in [7, 11) is 1.57. The fourth-order valence-corrected chi connectivity index (χ4v) is 3.50. The lowest BCUT2D eigenvalue weighted by atomic mass is 9.92. The minimum absolute atomic E-state index is 0.0348. The molecule has 1 heterocycles. The van der Waals surface area contributed by atoms with Crippen LogP contribution in [-0.2, 0) is 4.79 Å². The number of ether oxygens (including phenoxy) is 1. The molecule has 0 aliphatic carbocycles. The summed E-state index contributed by atoms with van der Waals surface area (Å²) in [5.74, 6) is 2.02. The van der Waals surface area contributed by atoms with Gasteiger partial charge in [0.2, 0.25) is 0 Å². The maximum absolute atomic E-state index is 12.2. The number of carbonyl (C=O) groups is 1. The number of hydrogen-bond donors (Lipinski definition) is 2. The van der Waals surface area contributed by atoms with Crippen LogP contribution in [0.1, 0.15) is 20.3 Å². The van der Waals surface area contributed by atoms with Crippen LogP contribution in [0, 0.1) is 11.8 Å². The van der Waals surface area contributed by atoms with Gasteiger partial charge < -0.3 is 15.0 Å². The van der Waals surface area contributed by atoms with Gasteiger partial charge in [-0.2, -0.15) is 0 Å². The van der Waals surface area contributed by atoms with Crippen molar-refractivity contribution in [2.75, 3.05) is 32.1 Å². The van der Waals surface area contributed by atoms with Gasteiger partial charge in [-0.05, 0) is 24.6 Å². The second kappa shape index (κ2) is 7.14.